The lowest BCUT2D eigenvalue weighted by atomic mass is 9.82. The third-order valence-electron chi connectivity index (χ3n) is 6.99. The molecule has 5 atom stereocenters. The topological polar surface area (TPSA) is 79.2 Å². The Hall–Kier alpha value is -0.950. The van der Waals surface area contributed by atoms with Gasteiger partial charge in [-0.25, -0.2) is 0 Å². The van der Waals surface area contributed by atoms with Crippen LogP contribution in [0.4, 0.5) is 0 Å². The third kappa shape index (κ3) is 7.78. The molecule has 1 aliphatic heterocycles. The molecule has 1 saturated heterocycles. The van der Waals surface area contributed by atoms with Gasteiger partial charge in [0, 0.05) is 23.4 Å². The number of esters is 1. The Balaban J connectivity index is 2.23. The quantitative estimate of drug-likeness (QED) is 0.277. The Morgan fingerprint density at radius 2 is 1.70 bits per heavy atom. The molecule has 0 aromatic heterocycles. The van der Waals surface area contributed by atoms with Crippen LogP contribution >= 0.6 is 0 Å². The second kappa shape index (κ2) is 11.2. The average molecular weight is 468 g/mol. The number of unbranched alkanes of at least 4 members (excludes halogenated alkanes) is 2. The molecule has 0 amide bonds. The number of hydrogen-bond acceptors (Lipinski definition) is 6. The van der Waals surface area contributed by atoms with Gasteiger partial charge < -0.3 is 14.9 Å². The molecule has 6 nitrogen and oxygen atoms in total. The van der Waals surface area contributed by atoms with Gasteiger partial charge in [0.05, 0.1) is 24.2 Å². The van der Waals surface area contributed by atoms with Crippen LogP contribution in [0, 0.1) is 11.8 Å². The minimum absolute atomic E-state index is 0.0687. The molecule has 2 fully saturated rings. The summed E-state index contributed by atoms with van der Waals surface area (Å²) in [7, 11) is 0. The van der Waals surface area contributed by atoms with E-state index in [9.17, 15) is 15.0 Å². The fourth-order valence-corrected chi connectivity index (χ4v) is 5.41. The van der Waals surface area contributed by atoms with Crippen LogP contribution in [0.3, 0.4) is 0 Å². The van der Waals surface area contributed by atoms with E-state index in [-0.39, 0.29) is 23.6 Å². The molecule has 6 heteroatoms. The highest BCUT2D eigenvalue weighted by atomic mass is 16.7. The van der Waals surface area contributed by atoms with Crippen LogP contribution in [0.15, 0.2) is 12.2 Å². The summed E-state index contributed by atoms with van der Waals surface area (Å²) in [6.07, 6.45) is 9.72. The number of piperidine rings is 1. The predicted octanol–water partition coefficient (Wildman–Crippen LogP) is 5.17. The summed E-state index contributed by atoms with van der Waals surface area (Å²) >= 11 is 0. The van der Waals surface area contributed by atoms with Gasteiger partial charge in [0.25, 0.3) is 0 Å². The Morgan fingerprint density at radius 1 is 1.09 bits per heavy atom. The second-order valence-electron chi connectivity index (χ2n) is 12.3. The summed E-state index contributed by atoms with van der Waals surface area (Å²) < 4.78 is 5.55. The molecular formula is C27H49NO5. The smallest absolute Gasteiger partial charge is 0.312 e. The summed E-state index contributed by atoms with van der Waals surface area (Å²) in [5, 5.41) is 23.3. The maximum Gasteiger partial charge on any atom is 0.312 e. The molecule has 1 heterocycles. The molecule has 0 aromatic rings. The van der Waals surface area contributed by atoms with Crippen molar-refractivity contribution in [3.8, 4) is 0 Å². The average Bonchev–Trinajstić information content (AvgIpc) is 2.93. The number of hydroxylamine groups is 2. The van der Waals surface area contributed by atoms with Crippen LogP contribution in [-0.4, -0.2) is 56.2 Å². The van der Waals surface area contributed by atoms with E-state index in [1.807, 2.05) is 32.9 Å². The minimum atomic E-state index is -0.913. The van der Waals surface area contributed by atoms with Gasteiger partial charge in [0.15, 0.2) is 0 Å². The first kappa shape index (κ1) is 28.3. The van der Waals surface area contributed by atoms with E-state index in [0.29, 0.717) is 0 Å². The molecule has 0 bridgehead atoms. The van der Waals surface area contributed by atoms with Crippen LogP contribution in [0.1, 0.15) is 107 Å². The number of aliphatic hydroxyl groups excluding tert-OH is 2. The molecule has 0 radical (unpaired) electrons. The van der Waals surface area contributed by atoms with Crippen molar-refractivity contribution in [3.63, 3.8) is 0 Å². The van der Waals surface area contributed by atoms with E-state index in [0.717, 1.165) is 38.5 Å². The number of rotatable bonds is 9. The lowest BCUT2D eigenvalue weighted by Crippen LogP contribution is -2.59. The fraction of sp³-hybridized carbons (Fsp3) is 0.889. The molecule has 0 spiro atoms. The van der Waals surface area contributed by atoms with Gasteiger partial charge in [0.2, 0.25) is 0 Å². The third-order valence-corrected chi connectivity index (χ3v) is 6.99. The predicted molar refractivity (Wildman–Crippen MR) is 131 cm³/mol. The van der Waals surface area contributed by atoms with Gasteiger partial charge in [-0.3, -0.25) is 9.63 Å². The van der Waals surface area contributed by atoms with Crippen molar-refractivity contribution < 1.29 is 24.6 Å². The standard InChI is InChI=1S/C27H49NO5/c1-9-10-11-13-19(33-28-26(5,6)16-12-17-27(28,7)8)14-15-20-21(29)18-22(30)23(20)24(31)32-25(2,3)4/h14-15,19-23,29-30H,9-13,16-18H2,1-8H3/b15-14+/t19?,20-,21+,22-,23-/m0/s1. The minimum Gasteiger partial charge on any atom is -0.460 e. The fourth-order valence-electron chi connectivity index (χ4n) is 5.41. The number of ether oxygens (including phenoxy) is 1. The Labute approximate surface area is 201 Å². The van der Waals surface area contributed by atoms with E-state index >= 15 is 0 Å². The number of aliphatic hydroxyl groups is 2. The van der Waals surface area contributed by atoms with Crippen molar-refractivity contribution in [2.45, 2.75) is 142 Å². The van der Waals surface area contributed by atoms with Crippen LogP contribution in [0.2, 0.25) is 0 Å². The number of carbonyl (C=O) groups excluding carboxylic acids is 1. The van der Waals surface area contributed by atoms with E-state index in [1.165, 1.54) is 6.42 Å². The molecule has 2 rings (SSSR count). The molecule has 1 unspecified atom stereocenters. The van der Waals surface area contributed by atoms with Crippen molar-refractivity contribution in [2.75, 3.05) is 0 Å². The van der Waals surface area contributed by atoms with Gasteiger partial charge in [-0.15, -0.1) is 0 Å². The van der Waals surface area contributed by atoms with Gasteiger partial charge in [-0.2, -0.15) is 5.06 Å². The van der Waals surface area contributed by atoms with E-state index < -0.39 is 35.6 Å². The lowest BCUT2D eigenvalue weighted by Gasteiger charge is -2.52. The maximum atomic E-state index is 12.8. The summed E-state index contributed by atoms with van der Waals surface area (Å²) in [5.41, 5.74) is -0.780. The zero-order chi connectivity index (χ0) is 25.0. The summed E-state index contributed by atoms with van der Waals surface area (Å²) in [6.45, 7) is 16.6. The largest absolute Gasteiger partial charge is 0.460 e. The SMILES string of the molecule is CCCCCC(/C=C/[C@@H]1[C@H](C(=O)OC(C)(C)C)[C@@H](O)C[C@H]1O)ON1C(C)(C)CCCC1(C)C. The maximum absolute atomic E-state index is 12.8. The van der Waals surface area contributed by atoms with Gasteiger partial charge in [-0.05, 0) is 74.1 Å². The van der Waals surface area contributed by atoms with Crippen molar-refractivity contribution >= 4 is 5.97 Å². The van der Waals surface area contributed by atoms with Gasteiger partial charge in [0.1, 0.15) is 5.60 Å². The number of carbonyl (C=O) groups is 1. The van der Waals surface area contributed by atoms with Crippen molar-refractivity contribution in [3.05, 3.63) is 12.2 Å². The van der Waals surface area contributed by atoms with Crippen LogP contribution in [-0.2, 0) is 14.4 Å². The van der Waals surface area contributed by atoms with Gasteiger partial charge in [-0.1, -0.05) is 38.3 Å². The highest BCUT2D eigenvalue weighted by molar-refractivity contribution is 5.75. The molecule has 0 aromatic carbocycles. The Bertz CT molecular complexity index is 650. The van der Waals surface area contributed by atoms with Crippen LogP contribution < -0.4 is 0 Å². The van der Waals surface area contributed by atoms with E-state index in [4.69, 9.17) is 9.57 Å². The first-order valence-corrected chi connectivity index (χ1v) is 12.9. The van der Waals surface area contributed by atoms with E-state index in [2.05, 4.69) is 39.7 Å². The van der Waals surface area contributed by atoms with Gasteiger partial charge >= 0.3 is 5.97 Å². The highest BCUT2D eigenvalue weighted by Crippen LogP contribution is 2.40. The molecule has 1 aliphatic carbocycles. The first-order chi connectivity index (χ1) is 15.2. The molecular weight excluding hydrogens is 418 g/mol. The van der Waals surface area contributed by atoms with Crippen LogP contribution in [0.25, 0.3) is 0 Å². The Morgan fingerprint density at radius 3 is 2.24 bits per heavy atom. The molecule has 2 aliphatic rings. The number of nitrogens with zero attached hydrogens (tertiary/aromatic N) is 1. The number of hydrogen-bond donors (Lipinski definition) is 2. The summed E-state index contributed by atoms with van der Waals surface area (Å²) in [5.74, 6) is -1.72. The second-order valence-corrected chi connectivity index (χ2v) is 12.3. The summed E-state index contributed by atoms with van der Waals surface area (Å²) in [6, 6.07) is 0. The molecule has 33 heavy (non-hydrogen) atoms. The molecule has 192 valence electrons. The molecule has 2 N–H and O–H groups in total. The Kier molecular flexibility index (Phi) is 9.59. The lowest BCUT2D eigenvalue weighted by molar-refractivity contribution is -0.297. The van der Waals surface area contributed by atoms with Crippen molar-refractivity contribution in [1.82, 2.24) is 5.06 Å². The van der Waals surface area contributed by atoms with E-state index in [1.54, 1.807) is 0 Å². The molecule has 1 saturated carbocycles. The van der Waals surface area contributed by atoms with Crippen molar-refractivity contribution in [2.24, 2.45) is 11.8 Å². The zero-order valence-electron chi connectivity index (χ0n) is 22.3. The zero-order valence-corrected chi connectivity index (χ0v) is 22.3. The monoisotopic (exact) mass is 467 g/mol. The normalized spacial score (nSPS) is 31.1. The van der Waals surface area contributed by atoms with Crippen LogP contribution in [0.5, 0.6) is 0 Å². The highest BCUT2D eigenvalue weighted by Gasteiger charge is 2.47. The first-order valence-electron chi connectivity index (χ1n) is 12.9. The van der Waals surface area contributed by atoms with Crippen molar-refractivity contribution in [1.29, 1.82) is 0 Å². The summed E-state index contributed by atoms with van der Waals surface area (Å²) in [4.78, 5) is 19.5.